The summed E-state index contributed by atoms with van der Waals surface area (Å²) in [5.41, 5.74) is 4.48. The van der Waals surface area contributed by atoms with E-state index in [9.17, 15) is 4.79 Å². The summed E-state index contributed by atoms with van der Waals surface area (Å²) >= 11 is 0. The molecule has 1 aromatic heterocycles. The van der Waals surface area contributed by atoms with Crippen LogP contribution in [0.2, 0.25) is 0 Å². The highest BCUT2D eigenvalue weighted by Crippen LogP contribution is 2.32. The SMILES string of the molecule is Cc1ccc(CCC(=O)N2CCC[C@@H]2c2nc3ccccc3[nH]2)cc1. The van der Waals surface area contributed by atoms with Crippen LogP contribution in [0.15, 0.2) is 48.5 Å². The first-order chi connectivity index (χ1) is 12.2. The van der Waals surface area contributed by atoms with E-state index in [1.165, 1.54) is 11.1 Å². The molecule has 4 heteroatoms. The van der Waals surface area contributed by atoms with Gasteiger partial charge in [0.15, 0.2) is 0 Å². The lowest BCUT2D eigenvalue weighted by Crippen LogP contribution is -2.31. The Balaban J connectivity index is 1.46. The van der Waals surface area contributed by atoms with Crippen molar-refractivity contribution in [3.63, 3.8) is 0 Å². The number of likely N-dealkylation sites (tertiary alicyclic amines) is 1. The van der Waals surface area contributed by atoms with Crippen molar-refractivity contribution in [2.45, 2.75) is 38.6 Å². The Kier molecular flexibility index (Phi) is 4.26. The molecule has 1 aliphatic heterocycles. The molecule has 1 saturated heterocycles. The van der Waals surface area contributed by atoms with Crippen LogP contribution in [0.25, 0.3) is 11.0 Å². The molecule has 25 heavy (non-hydrogen) atoms. The number of aromatic amines is 1. The van der Waals surface area contributed by atoms with Gasteiger partial charge in [0.25, 0.3) is 0 Å². The average Bonchev–Trinajstić information content (AvgIpc) is 3.27. The van der Waals surface area contributed by atoms with Gasteiger partial charge in [-0.05, 0) is 43.9 Å². The van der Waals surface area contributed by atoms with Crippen LogP contribution in [-0.2, 0) is 11.2 Å². The van der Waals surface area contributed by atoms with Crippen LogP contribution in [-0.4, -0.2) is 27.3 Å². The zero-order valence-electron chi connectivity index (χ0n) is 14.5. The number of nitrogens with zero attached hydrogens (tertiary/aromatic N) is 2. The molecule has 3 aromatic rings. The third-order valence-electron chi connectivity index (χ3n) is 5.04. The van der Waals surface area contributed by atoms with Crippen molar-refractivity contribution in [2.24, 2.45) is 0 Å². The van der Waals surface area contributed by atoms with Crippen LogP contribution in [0.3, 0.4) is 0 Å². The molecule has 0 unspecified atom stereocenters. The van der Waals surface area contributed by atoms with E-state index in [0.29, 0.717) is 6.42 Å². The Morgan fingerprint density at radius 1 is 1.20 bits per heavy atom. The van der Waals surface area contributed by atoms with Crippen molar-refractivity contribution < 1.29 is 4.79 Å². The minimum absolute atomic E-state index is 0.0814. The first-order valence-electron chi connectivity index (χ1n) is 9.00. The van der Waals surface area contributed by atoms with Crippen LogP contribution < -0.4 is 0 Å². The van der Waals surface area contributed by atoms with E-state index in [1.54, 1.807) is 0 Å². The summed E-state index contributed by atoms with van der Waals surface area (Å²) in [7, 11) is 0. The molecular formula is C21H23N3O. The lowest BCUT2D eigenvalue weighted by atomic mass is 10.1. The maximum Gasteiger partial charge on any atom is 0.223 e. The Morgan fingerprint density at radius 2 is 2.00 bits per heavy atom. The van der Waals surface area contributed by atoms with Gasteiger partial charge in [0.2, 0.25) is 5.91 Å². The van der Waals surface area contributed by atoms with Crippen LogP contribution in [0.5, 0.6) is 0 Å². The van der Waals surface area contributed by atoms with Crippen LogP contribution >= 0.6 is 0 Å². The lowest BCUT2D eigenvalue weighted by Gasteiger charge is -2.23. The summed E-state index contributed by atoms with van der Waals surface area (Å²) in [6, 6.07) is 16.6. The van der Waals surface area contributed by atoms with Crippen molar-refractivity contribution in [3.05, 3.63) is 65.5 Å². The van der Waals surface area contributed by atoms with E-state index in [-0.39, 0.29) is 11.9 Å². The Bertz CT molecular complexity index is 849. The molecule has 2 heterocycles. The van der Waals surface area contributed by atoms with Crippen LogP contribution in [0.1, 0.15) is 42.3 Å². The highest BCUT2D eigenvalue weighted by Gasteiger charge is 2.31. The molecule has 0 radical (unpaired) electrons. The van der Waals surface area contributed by atoms with Crippen LogP contribution in [0.4, 0.5) is 0 Å². The molecule has 0 spiro atoms. The van der Waals surface area contributed by atoms with Gasteiger partial charge in [-0.2, -0.15) is 0 Å². The number of hydrogen-bond donors (Lipinski definition) is 1. The number of para-hydroxylation sites is 2. The van der Waals surface area contributed by atoms with Gasteiger partial charge >= 0.3 is 0 Å². The molecule has 1 N–H and O–H groups in total. The first kappa shape index (κ1) is 15.9. The van der Waals surface area contributed by atoms with Crippen LogP contribution in [0, 0.1) is 6.92 Å². The maximum atomic E-state index is 12.8. The standard InChI is InChI=1S/C21H23N3O/c1-15-8-10-16(11-9-15)12-13-20(25)24-14-4-7-19(24)21-22-17-5-2-3-6-18(17)23-21/h2-3,5-6,8-11,19H,4,7,12-14H2,1H3,(H,22,23)/t19-/m1/s1. The molecule has 4 rings (SSSR count). The molecular weight excluding hydrogens is 310 g/mol. The number of hydrogen-bond acceptors (Lipinski definition) is 2. The van der Waals surface area contributed by atoms with Gasteiger partial charge in [-0.1, -0.05) is 42.0 Å². The third-order valence-corrected chi connectivity index (χ3v) is 5.04. The number of amides is 1. The number of H-pyrrole nitrogens is 1. The van der Waals surface area contributed by atoms with E-state index < -0.39 is 0 Å². The molecule has 1 atom stereocenters. The Labute approximate surface area is 147 Å². The third kappa shape index (κ3) is 3.29. The minimum atomic E-state index is 0.0814. The number of fused-ring (bicyclic) bond motifs is 1. The second kappa shape index (κ2) is 6.71. The van der Waals surface area contributed by atoms with Gasteiger partial charge in [-0.25, -0.2) is 4.98 Å². The van der Waals surface area contributed by atoms with Gasteiger partial charge in [0.05, 0.1) is 17.1 Å². The summed E-state index contributed by atoms with van der Waals surface area (Å²) < 4.78 is 0. The van der Waals surface area contributed by atoms with Crippen molar-refractivity contribution in [1.29, 1.82) is 0 Å². The van der Waals surface area contributed by atoms with Gasteiger partial charge in [-0.15, -0.1) is 0 Å². The predicted octanol–water partition coefficient (Wildman–Crippen LogP) is 4.17. The monoisotopic (exact) mass is 333 g/mol. The molecule has 128 valence electrons. The highest BCUT2D eigenvalue weighted by molar-refractivity contribution is 5.78. The number of carbonyl (C=O) groups is 1. The number of aromatic nitrogens is 2. The Morgan fingerprint density at radius 3 is 2.80 bits per heavy atom. The minimum Gasteiger partial charge on any atom is -0.340 e. The second-order valence-corrected chi connectivity index (χ2v) is 6.87. The molecule has 1 fully saturated rings. The van der Waals surface area contributed by atoms with E-state index in [0.717, 1.165) is 42.7 Å². The predicted molar refractivity (Wildman–Crippen MR) is 99.3 cm³/mol. The fraction of sp³-hybridized carbons (Fsp3) is 0.333. The topological polar surface area (TPSA) is 49.0 Å². The number of aryl methyl sites for hydroxylation is 2. The molecule has 4 nitrogen and oxygen atoms in total. The molecule has 2 aromatic carbocycles. The largest absolute Gasteiger partial charge is 0.340 e. The summed E-state index contributed by atoms with van der Waals surface area (Å²) in [6.07, 6.45) is 3.37. The van der Waals surface area contributed by atoms with Crippen molar-refractivity contribution in [1.82, 2.24) is 14.9 Å². The molecule has 1 amide bonds. The lowest BCUT2D eigenvalue weighted by molar-refractivity contribution is -0.132. The average molecular weight is 333 g/mol. The second-order valence-electron chi connectivity index (χ2n) is 6.87. The molecule has 0 saturated carbocycles. The summed E-state index contributed by atoms with van der Waals surface area (Å²) in [4.78, 5) is 22.9. The Hall–Kier alpha value is -2.62. The summed E-state index contributed by atoms with van der Waals surface area (Å²) in [5.74, 6) is 1.14. The summed E-state index contributed by atoms with van der Waals surface area (Å²) in [6.45, 7) is 2.91. The zero-order chi connectivity index (χ0) is 17.2. The van der Waals surface area contributed by atoms with Crippen molar-refractivity contribution in [3.8, 4) is 0 Å². The molecule has 0 bridgehead atoms. The van der Waals surface area contributed by atoms with Gasteiger partial charge in [0, 0.05) is 13.0 Å². The molecule has 1 aliphatic rings. The van der Waals surface area contributed by atoms with Gasteiger partial charge in [-0.3, -0.25) is 4.79 Å². The normalized spacial score (nSPS) is 17.3. The number of rotatable bonds is 4. The van der Waals surface area contributed by atoms with E-state index in [2.05, 4.69) is 36.2 Å². The fourth-order valence-corrected chi connectivity index (χ4v) is 3.63. The van der Waals surface area contributed by atoms with Crippen molar-refractivity contribution >= 4 is 16.9 Å². The quantitative estimate of drug-likeness (QED) is 0.779. The van der Waals surface area contributed by atoms with E-state index in [1.807, 2.05) is 29.2 Å². The van der Waals surface area contributed by atoms with E-state index >= 15 is 0 Å². The van der Waals surface area contributed by atoms with Gasteiger partial charge in [0.1, 0.15) is 5.82 Å². The number of imidazole rings is 1. The fourth-order valence-electron chi connectivity index (χ4n) is 3.63. The van der Waals surface area contributed by atoms with E-state index in [4.69, 9.17) is 4.98 Å². The molecule has 0 aliphatic carbocycles. The number of nitrogens with one attached hydrogen (secondary N) is 1. The number of carbonyl (C=O) groups excluding carboxylic acids is 1. The maximum absolute atomic E-state index is 12.8. The summed E-state index contributed by atoms with van der Waals surface area (Å²) in [5, 5.41) is 0. The first-order valence-corrected chi connectivity index (χ1v) is 9.00. The number of benzene rings is 2. The highest BCUT2D eigenvalue weighted by atomic mass is 16.2. The smallest absolute Gasteiger partial charge is 0.223 e. The van der Waals surface area contributed by atoms with Gasteiger partial charge < -0.3 is 9.88 Å². The zero-order valence-corrected chi connectivity index (χ0v) is 14.5. The van der Waals surface area contributed by atoms with Crippen molar-refractivity contribution in [2.75, 3.05) is 6.54 Å².